The highest BCUT2D eigenvalue weighted by atomic mass is 16.6. The average molecular weight is 328 g/mol. The smallest absolute Gasteiger partial charge is 0.413 e. The van der Waals surface area contributed by atoms with Gasteiger partial charge < -0.3 is 9.47 Å². The Hall–Kier alpha value is -2.89. The van der Waals surface area contributed by atoms with Crippen molar-refractivity contribution in [3.63, 3.8) is 0 Å². The van der Waals surface area contributed by atoms with E-state index >= 15 is 0 Å². The standard InChI is InChI=1S/C18H20N2O4/c1-18(2,3)24-17(22)20-15-14(10-7-11-19-15)16(21)23-12-13-8-5-4-6-9-13/h4-11H,12H2,1-3H3,(H,19,20,22). The van der Waals surface area contributed by atoms with Crippen LogP contribution in [-0.4, -0.2) is 22.6 Å². The minimum absolute atomic E-state index is 0.102. The van der Waals surface area contributed by atoms with Gasteiger partial charge in [0.25, 0.3) is 0 Å². The van der Waals surface area contributed by atoms with Gasteiger partial charge in [-0.1, -0.05) is 30.3 Å². The van der Waals surface area contributed by atoms with Gasteiger partial charge in [-0.05, 0) is 38.5 Å². The highest BCUT2D eigenvalue weighted by Gasteiger charge is 2.20. The van der Waals surface area contributed by atoms with Crippen LogP contribution in [0.2, 0.25) is 0 Å². The molecule has 126 valence electrons. The number of nitrogens with one attached hydrogen (secondary N) is 1. The van der Waals surface area contributed by atoms with E-state index in [-0.39, 0.29) is 18.0 Å². The van der Waals surface area contributed by atoms with Crippen LogP contribution in [-0.2, 0) is 16.1 Å². The molecule has 1 heterocycles. The molecule has 0 bridgehead atoms. The van der Waals surface area contributed by atoms with Crippen LogP contribution in [0.25, 0.3) is 0 Å². The van der Waals surface area contributed by atoms with Crippen molar-refractivity contribution >= 4 is 17.9 Å². The summed E-state index contributed by atoms with van der Waals surface area (Å²) >= 11 is 0. The van der Waals surface area contributed by atoms with Crippen molar-refractivity contribution in [1.29, 1.82) is 0 Å². The molecule has 0 atom stereocenters. The lowest BCUT2D eigenvalue weighted by Gasteiger charge is -2.19. The Morgan fingerprint density at radius 2 is 1.79 bits per heavy atom. The maximum absolute atomic E-state index is 12.3. The van der Waals surface area contributed by atoms with E-state index in [4.69, 9.17) is 9.47 Å². The number of aromatic nitrogens is 1. The summed E-state index contributed by atoms with van der Waals surface area (Å²) in [7, 11) is 0. The van der Waals surface area contributed by atoms with Crippen molar-refractivity contribution in [2.75, 3.05) is 5.32 Å². The number of pyridine rings is 1. The number of esters is 1. The Morgan fingerprint density at radius 3 is 2.46 bits per heavy atom. The second-order valence-corrected chi connectivity index (χ2v) is 6.09. The van der Waals surface area contributed by atoms with Gasteiger partial charge in [-0.2, -0.15) is 0 Å². The maximum Gasteiger partial charge on any atom is 0.413 e. The summed E-state index contributed by atoms with van der Waals surface area (Å²) < 4.78 is 10.4. The number of carbonyl (C=O) groups excluding carboxylic acids is 2. The first-order valence-corrected chi connectivity index (χ1v) is 7.51. The van der Waals surface area contributed by atoms with Gasteiger partial charge in [0.15, 0.2) is 0 Å². The Labute approximate surface area is 140 Å². The van der Waals surface area contributed by atoms with Crippen LogP contribution in [0.1, 0.15) is 36.7 Å². The monoisotopic (exact) mass is 328 g/mol. The quantitative estimate of drug-likeness (QED) is 0.864. The van der Waals surface area contributed by atoms with Crippen LogP contribution in [0.3, 0.4) is 0 Å². The SMILES string of the molecule is CC(C)(C)OC(=O)Nc1ncccc1C(=O)OCc1ccccc1. The third kappa shape index (κ3) is 5.39. The molecule has 0 unspecified atom stereocenters. The van der Waals surface area contributed by atoms with E-state index in [0.29, 0.717) is 0 Å². The fraction of sp³-hybridized carbons (Fsp3) is 0.278. The van der Waals surface area contributed by atoms with Gasteiger partial charge in [0.1, 0.15) is 23.6 Å². The molecule has 1 aromatic carbocycles. The van der Waals surface area contributed by atoms with E-state index in [0.717, 1.165) is 5.56 Å². The molecule has 0 radical (unpaired) electrons. The van der Waals surface area contributed by atoms with Crippen LogP contribution in [0.15, 0.2) is 48.7 Å². The lowest BCUT2D eigenvalue weighted by atomic mass is 10.2. The number of rotatable bonds is 4. The topological polar surface area (TPSA) is 77.5 Å². The Morgan fingerprint density at radius 1 is 1.08 bits per heavy atom. The highest BCUT2D eigenvalue weighted by molar-refractivity contribution is 5.98. The Kier molecular flexibility index (Phi) is 5.52. The van der Waals surface area contributed by atoms with Crippen LogP contribution in [0.5, 0.6) is 0 Å². The summed E-state index contributed by atoms with van der Waals surface area (Å²) in [5.74, 6) is -0.470. The van der Waals surface area contributed by atoms with Gasteiger partial charge in [0.05, 0.1) is 0 Å². The van der Waals surface area contributed by atoms with Gasteiger partial charge in [0.2, 0.25) is 0 Å². The fourth-order valence-corrected chi connectivity index (χ4v) is 1.87. The first-order valence-electron chi connectivity index (χ1n) is 7.51. The van der Waals surface area contributed by atoms with Crippen LogP contribution in [0, 0.1) is 0 Å². The summed E-state index contributed by atoms with van der Waals surface area (Å²) in [5.41, 5.74) is 0.392. The summed E-state index contributed by atoms with van der Waals surface area (Å²) in [4.78, 5) is 28.1. The Bertz CT molecular complexity index is 708. The zero-order valence-electron chi connectivity index (χ0n) is 13.9. The summed E-state index contributed by atoms with van der Waals surface area (Å²) in [5, 5.41) is 2.47. The highest BCUT2D eigenvalue weighted by Crippen LogP contribution is 2.16. The number of amides is 1. The number of hydrogen-bond donors (Lipinski definition) is 1. The van der Waals surface area contributed by atoms with Crippen molar-refractivity contribution in [2.45, 2.75) is 33.0 Å². The van der Waals surface area contributed by atoms with Gasteiger partial charge in [-0.25, -0.2) is 14.6 Å². The average Bonchev–Trinajstić information content (AvgIpc) is 2.52. The molecular weight excluding hydrogens is 308 g/mol. The zero-order valence-corrected chi connectivity index (χ0v) is 13.9. The van der Waals surface area contributed by atoms with Crippen molar-refractivity contribution < 1.29 is 19.1 Å². The predicted molar refractivity (Wildman–Crippen MR) is 89.7 cm³/mol. The van der Waals surface area contributed by atoms with E-state index in [1.165, 1.54) is 12.3 Å². The molecule has 0 aliphatic carbocycles. The van der Waals surface area contributed by atoms with Crippen molar-refractivity contribution in [3.05, 3.63) is 59.8 Å². The largest absolute Gasteiger partial charge is 0.457 e. The second-order valence-electron chi connectivity index (χ2n) is 6.09. The number of carbonyl (C=O) groups is 2. The number of ether oxygens (including phenoxy) is 2. The van der Waals surface area contributed by atoms with Crippen molar-refractivity contribution in [2.24, 2.45) is 0 Å². The zero-order chi connectivity index (χ0) is 17.6. The third-order valence-corrected chi connectivity index (χ3v) is 2.86. The first-order chi connectivity index (χ1) is 11.3. The predicted octanol–water partition coefficient (Wildman–Crippen LogP) is 3.79. The second kappa shape index (κ2) is 7.59. The molecule has 0 aliphatic rings. The van der Waals surface area contributed by atoms with Crippen LogP contribution in [0.4, 0.5) is 10.6 Å². The molecule has 2 aromatic rings. The normalized spacial score (nSPS) is 10.8. The molecular formula is C18H20N2O4. The van der Waals surface area contributed by atoms with Crippen LogP contribution >= 0.6 is 0 Å². The van der Waals surface area contributed by atoms with E-state index < -0.39 is 17.7 Å². The number of nitrogens with zero attached hydrogens (tertiary/aromatic N) is 1. The molecule has 0 aliphatic heterocycles. The lowest BCUT2D eigenvalue weighted by Crippen LogP contribution is -2.28. The van der Waals surface area contributed by atoms with Crippen molar-refractivity contribution in [1.82, 2.24) is 4.98 Å². The van der Waals surface area contributed by atoms with Gasteiger partial charge in [-0.3, -0.25) is 5.32 Å². The molecule has 0 saturated carbocycles. The van der Waals surface area contributed by atoms with E-state index in [9.17, 15) is 9.59 Å². The van der Waals surface area contributed by atoms with Crippen molar-refractivity contribution in [3.8, 4) is 0 Å². The molecule has 2 rings (SSSR count). The van der Waals surface area contributed by atoms with Gasteiger partial charge in [0, 0.05) is 6.20 Å². The molecule has 24 heavy (non-hydrogen) atoms. The van der Waals surface area contributed by atoms with E-state index in [1.54, 1.807) is 26.8 Å². The van der Waals surface area contributed by atoms with Gasteiger partial charge in [-0.15, -0.1) is 0 Å². The number of benzene rings is 1. The number of hydrogen-bond acceptors (Lipinski definition) is 5. The lowest BCUT2D eigenvalue weighted by molar-refractivity contribution is 0.0473. The molecule has 1 amide bonds. The summed E-state index contributed by atoms with van der Waals surface area (Å²) in [6, 6.07) is 12.5. The molecule has 1 aromatic heterocycles. The van der Waals surface area contributed by atoms with E-state index in [1.807, 2.05) is 30.3 Å². The molecule has 1 N–H and O–H groups in total. The first kappa shape index (κ1) is 17.5. The summed E-state index contributed by atoms with van der Waals surface area (Å²) in [6.07, 6.45) is 0.791. The Balaban J connectivity index is 2.04. The molecule has 0 saturated heterocycles. The van der Waals surface area contributed by atoms with Gasteiger partial charge >= 0.3 is 12.1 Å². The van der Waals surface area contributed by atoms with E-state index in [2.05, 4.69) is 10.3 Å². The molecule has 6 nitrogen and oxygen atoms in total. The minimum atomic E-state index is -0.682. The third-order valence-electron chi connectivity index (χ3n) is 2.86. The minimum Gasteiger partial charge on any atom is -0.457 e. The molecule has 0 fully saturated rings. The summed E-state index contributed by atoms with van der Waals surface area (Å²) in [6.45, 7) is 5.39. The number of anilines is 1. The molecule has 6 heteroatoms. The fourth-order valence-electron chi connectivity index (χ4n) is 1.87. The maximum atomic E-state index is 12.3. The van der Waals surface area contributed by atoms with Crippen LogP contribution < -0.4 is 5.32 Å². The molecule has 0 spiro atoms.